The van der Waals surface area contributed by atoms with Gasteiger partial charge in [0.2, 0.25) is 0 Å². The van der Waals surface area contributed by atoms with E-state index in [0.717, 1.165) is 16.7 Å². The highest BCUT2D eigenvalue weighted by Gasteiger charge is 2.13. The van der Waals surface area contributed by atoms with Gasteiger partial charge in [0.1, 0.15) is 11.5 Å². The Labute approximate surface area is 151 Å². The van der Waals surface area contributed by atoms with Crippen LogP contribution in [0.3, 0.4) is 0 Å². The minimum absolute atomic E-state index is 0.0686. The van der Waals surface area contributed by atoms with E-state index >= 15 is 0 Å². The Bertz CT molecular complexity index is 880. The van der Waals surface area contributed by atoms with Crippen LogP contribution in [0.25, 0.3) is 12.2 Å². The molecule has 2 aromatic carbocycles. The van der Waals surface area contributed by atoms with E-state index in [4.69, 9.17) is 4.74 Å². The van der Waals surface area contributed by atoms with Crippen molar-refractivity contribution in [3.8, 4) is 17.2 Å². The molecule has 2 aromatic rings. The molecule has 0 atom stereocenters. The maximum absolute atomic E-state index is 10.9. The molecule has 26 heavy (non-hydrogen) atoms. The van der Waals surface area contributed by atoms with E-state index < -0.39 is 4.92 Å². The monoisotopic (exact) mass is 355 g/mol. The fourth-order valence-electron chi connectivity index (χ4n) is 2.48. The highest BCUT2D eigenvalue weighted by Crippen LogP contribution is 2.31. The standard InChI is InChI=1S/C20H21NO5/c1-13(2)4-8-17-15(11-16(22)12-20(17)26-3)7-5-14-6-9-19(23)18(10-14)21(24)25/h4-7,9-12,22-23H,8H2,1-3H3/b7-5+. The van der Waals surface area contributed by atoms with Gasteiger partial charge in [0, 0.05) is 17.7 Å². The molecule has 0 bridgehead atoms. The molecule has 0 radical (unpaired) electrons. The van der Waals surface area contributed by atoms with Crippen LogP contribution in [-0.4, -0.2) is 22.2 Å². The second-order valence-electron chi connectivity index (χ2n) is 6.04. The first-order chi connectivity index (χ1) is 12.3. The Hall–Kier alpha value is -3.28. The van der Waals surface area contributed by atoms with E-state index in [1.807, 2.05) is 13.8 Å². The fraction of sp³-hybridized carbons (Fsp3) is 0.200. The minimum Gasteiger partial charge on any atom is -0.508 e. The summed E-state index contributed by atoms with van der Waals surface area (Å²) in [4.78, 5) is 10.3. The molecule has 0 aromatic heterocycles. The van der Waals surface area contributed by atoms with Gasteiger partial charge in [-0.1, -0.05) is 29.9 Å². The summed E-state index contributed by atoms with van der Waals surface area (Å²) in [7, 11) is 1.54. The number of allylic oxidation sites excluding steroid dienone is 2. The zero-order chi connectivity index (χ0) is 19.3. The maximum Gasteiger partial charge on any atom is 0.311 e. The molecule has 0 heterocycles. The first kappa shape index (κ1) is 19.1. The molecule has 0 saturated heterocycles. The van der Waals surface area contributed by atoms with Gasteiger partial charge < -0.3 is 14.9 Å². The number of nitro benzene ring substituents is 1. The maximum atomic E-state index is 10.9. The number of phenols is 2. The minimum atomic E-state index is -0.635. The van der Waals surface area contributed by atoms with Crippen LogP contribution in [0.15, 0.2) is 42.0 Å². The van der Waals surface area contributed by atoms with Crippen LogP contribution in [-0.2, 0) is 6.42 Å². The van der Waals surface area contributed by atoms with Crippen molar-refractivity contribution in [3.63, 3.8) is 0 Å². The molecule has 0 aliphatic carbocycles. The molecule has 0 spiro atoms. The van der Waals surface area contributed by atoms with Gasteiger partial charge in [-0.3, -0.25) is 10.1 Å². The molecule has 0 fully saturated rings. The zero-order valence-corrected chi connectivity index (χ0v) is 14.9. The number of hydrogen-bond acceptors (Lipinski definition) is 5. The summed E-state index contributed by atoms with van der Waals surface area (Å²) in [6.45, 7) is 4.00. The van der Waals surface area contributed by atoms with E-state index in [-0.39, 0.29) is 17.2 Å². The highest BCUT2D eigenvalue weighted by molar-refractivity contribution is 5.75. The molecule has 2 rings (SSSR count). The summed E-state index contributed by atoms with van der Waals surface area (Å²) >= 11 is 0. The Morgan fingerprint density at radius 3 is 2.54 bits per heavy atom. The predicted octanol–water partition coefficient (Wildman–Crippen LogP) is 4.69. The van der Waals surface area contributed by atoms with Crippen molar-refractivity contribution in [3.05, 3.63) is 68.8 Å². The second kappa shape index (κ2) is 8.20. The summed E-state index contributed by atoms with van der Waals surface area (Å²) in [5, 5.41) is 30.4. The van der Waals surface area contributed by atoms with Gasteiger partial charge in [-0.2, -0.15) is 0 Å². The smallest absolute Gasteiger partial charge is 0.311 e. The first-order valence-electron chi connectivity index (χ1n) is 8.00. The third-order valence-electron chi connectivity index (χ3n) is 3.81. The molecule has 0 saturated carbocycles. The predicted molar refractivity (Wildman–Crippen MR) is 101 cm³/mol. The zero-order valence-electron chi connectivity index (χ0n) is 14.9. The average Bonchev–Trinajstić information content (AvgIpc) is 2.58. The van der Waals surface area contributed by atoms with E-state index in [2.05, 4.69) is 6.08 Å². The van der Waals surface area contributed by atoms with Crippen molar-refractivity contribution in [2.45, 2.75) is 20.3 Å². The van der Waals surface area contributed by atoms with Crippen molar-refractivity contribution < 1.29 is 19.9 Å². The third-order valence-corrected chi connectivity index (χ3v) is 3.81. The summed E-state index contributed by atoms with van der Waals surface area (Å²) in [5.74, 6) is 0.258. The summed E-state index contributed by atoms with van der Waals surface area (Å²) in [5.41, 5.74) is 3.01. The molecule has 6 nitrogen and oxygen atoms in total. The molecular formula is C20H21NO5. The van der Waals surface area contributed by atoms with Crippen LogP contribution >= 0.6 is 0 Å². The molecule has 0 aliphatic rings. The Morgan fingerprint density at radius 1 is 1.19 bits per heavy atom. The molecule has 0 aliphatic heterocycles. The first-order valence-corrected chi connectivity index (χ1v) is 8.00. The highest BCUT2D eigenvalue weighted by atomic mass is 16.6. The van der Waals surface area contributed by atoms with E-state index in [1.165, 1.54) is 19.2 Å². The van der Waals surface area contributed by atoms with Crippen LogP contribution in [0.5, 0.6) is 17.2 Å². The topological polar surface area (TPSA) is 92.8 Å². The van der Waals surface area contributed by atoms with E-state index in [0.29, 0.717) is 17.7 Å². The van der Waals surface area contributed by atoms with Crippen LogP contribution in [0.2, 0.25) is 0 Å². The lowest BCUT2D eigenvalue weighted by Crippen LogP contribution is -1.95. The number of nitrogens with zero attached hydrogens (tertiary/aromatic N) is 1. The van der Waals surface area contributed by atoms with Crippen molar-refractivity contribution in [1.82, 2.24) is 0 Å². The lowest BCUT2D eigenvalue weighted by Gasteiger charge is -2.12. The average molecular weight is 355 g/mol. The fourth-order valence-corrected chi connectivity index (χ4v) is 2.48. The number of ether oxygens (including phenoxy) is 1. The summed E-state index contributed by atoms with van der Waals surface area (Å²) in [6, 6.07) is 7.32. The Kier molecular flexibility index (Phi) is 6.01. The van der Waals surface area contributed by atoms with Gasteiger partial charge in [-0.25, -0.2) is 0 Å². The second-order valence-corrected chi connectivity index (χ2v) is 6.04. The number of hydrogen-bond donors (Lipinski definition) is 2. The third kappa shape index (κ3) is 4.63. The number of methoxy groups -OCH3 is 1. The van der Waals surface area contributed by atoms with Gasteiger partial charge in [-0.15, -0.1) is 0 Å². The van der Waals surface area contributed by atoms with Gasteiger partial charge in [-0.05, 0) is 43.5 Å². The lowest BCUT2D eigenvalue weighted by atomic mass is 10.00. The molecule has 136 valence electrons. The number of phenolic OH excluding ortho intramolecular Hbond substituents is 2. The van der Waals surface area contributed by atoms with Crippen LogP contribution < -0.4 is 4.74 Å². The lowest BCUT2D eigenvalue weighted by molar-refractivity contribution is -0.385. The van der Waals surface area contributed by atoms with E-state index in [9.17, 15) is 20.3 Å². The van der Waals surface area contributed by atoms with Crippen LogP contribution in [0.4, 0.5) is 5.69 Å². The normalized spacial score (nSPS) is 10.7. The Balaban J connectivity index is 2.46. The summed E-state index contributed by atoms with van der Waals surface area (Å²) in [6.07, 6.45) is 6.12. The van der Waals surface area contributed by atoms with Gasteiger partial charge in [0.05, 0.1) is 12.0 Å². The largest absolute Gasteiger partial charge is 0.508 e. The quantitative estimate of drug-likeness (QED) is 0.339. The van der Waals surface area contributed by atoms with Crippen LogP contribution in [0.1, 0.15) is 30.5 Å². The van der Waals surface area contributed by atoms with Gasteiger partial charge in [0.25, 0.3) is 0 Å². The molecule has 6 heteroatoms. The van der Waals surface area contributed by atoms with Crippen molar-refractivity contribution in [2.75, 3.05) is 7.11 Å². The van der Waals surface area contributed by atoms with Crippen molar-refractivity contribution in [1.29, 1.82) is 0 Å². The Morgan fingerprint density at radius 2 is 1.92 bits per heavy atom. The van der Waals surface area contributed by atoms with Gasteiger partial charge >= 0.3 is 5.69 Å². The van der Waals surface area contributed by atoms with Crippen LogP contribution in [0, 0.1) is 10.1 Å². The molecule has 0 amide bonds. The van der Waals surface area contributed by atoms with Crippen molar-refractivity contribution in [2.24, 2.45) is 0 Å². The number of nitro groups is 1. The molecule has 0 unspecified atom stereocenters. The SMILES string of the molecule is COc1cc(O)cc(/C=C/c2ccc(O)c([N+](=O)[O-])c2)c1CC=C(C)C. The number of aromatic hydroxyl groups is 2. The molecule has 2 N–H and O–H groups in total. The number of benzene rings is 2. The number of rotatable bonds is 6. The van der Waals surface area contributed by atoms with Gasteiger partial charge in [0.15, 0.2) is 5.75 Å². The van der Waals surface area contributed by atoms with E-state index in [1.54, 1.807) is 30.4 Å². The molecular weight excluding hydrogens is 334 g/mol. The summed E-state index contributed by atoms with van der Waals surface area (Å²) < 4.78 is 5.37. The van der Waals surface area contributed by atoms with Crippen molar-refractivity contribution >= 4 is 17.8 Å².